The van der Waals surface area contributed by atoms with E-state index in [1.807, 2.05) is 0 Å². The molecule has 0 aromatic rings. The molecule has 126 valence electrons. The van der Waals surface area contributed by atoms with Gasteiger partial charge in [0.15, 0.2) is 0 Å². The summed E-state index contributed by atoms with van der Waals surface area (Å²) < 4.78 is 5.31. The molecule has 2 unspecified atom stereocenters. The first-order chi connectivity index (χ1) is 10.2. The molecule has 1 aliphatic carbocycles. The summed E-state index contributed by atoms with van der Waals surface area (Å²) in [5.41, 5.74) is -0.0575. The average Bonchev–Trinajstić information content (AvgIpc) is 2.94. The third-order valence-corrected chi connectivity index (χ3v) is 5.07. The van der Waals surface area contributed by atoms with Gasteiger partial charge < -0.3 is 15.2 Å². The molecular weight excluding hydrogens is 264 g/mol. The van der Waals surface area contributed by atoms with E-state index in [1.165, 1.54) is 19.3 Å². The number of methoxy groups -OCH3 is 1. The van der Waals surface area contributed by atoms with E-state index in [1.54, 1.807) is 7.11 Å². The SMILES string of the molecule is CCCNC1(CO)CCC(N(CCOC)C(CC)CC)C1. The van der Waals surface area contributed by atoms with Crippen molar-refractivity contribution in [2.75, 3.05) is 33.4 Å². The predicted molar refractivity (Wildman–Crippen MR) is 88.7 cm³/mol. The van der Waals surface area contributed by atoms with Crippen LogP contribution in [0.15, 0.2) is 0 Å². The van der Waals surface area contributed by atoms with E-state index in [9.17, 15) is 5.11 Å². The molecule has 2 atom stereocenters. The molecule has 0 saturated heterocycles. The molecule has 0 aromatic heterocycles. The molecule has 1 aliphatic rings. The number of nitrogens with zero attached hydrogens (tertiary/aromatic N) is 1. The Morgan fingerprint density at radius 2 is 2.05 bits per heavy atom. The Hall–Kier alpha value is -0.160. The predicted octanol–water partition coefficient (Wildman–Crippen LogP) is 2.41. The zero-order chi connectivity index (χ0) is 15.7. The fourth-order valence-corrected chi connectivity index (χ4v) is 3.75. The van der Waals surface area contributed by atoms with E-state index in [0.717, 1.165) is 39.0 Å². The average molecular weight is 300 g/mol. The van der Waals surface area contributed by atoms with Crippen LogP contribution in [-0.2, 0) is 4.74 Å². The van der Waals surface area contributed by atoms with Crippen molar-refractivity contribution in [3.05, 3.63) is 0 Å². The molecule has 0 aliphatic heterocycles. The lowest BCUT2D eigenvalue weighted by Crippen LogP contribution is -2.50. The summed E-state index contributed by atoms with van der Waals surface area (Å²) in [4.78, 5) is 2.63. The molecular formula is C17H36N2O2. The van der Waals surface area contributed by atoms with Crippen molar-refractivity contribution in [1.29, 1.82) is 0 Å². The van der Waals surface area contributed by atoms with Gasteiger partial charge in [0.25, 0.3) is 0 Å². The van der Waals surface area contributed by atoms with Crippen LogP contribution in [0.2, 0.25) is 0 Å². The van der Waals surface area contributed by atoms with E-state index < -0.39 is 0 Å². The van der Waals surface area contributed by atoms with Crippen LogP contribution in [0.5, 0.6) is 0 Å². The van der Waals surface area contributed by atoms with Crippen LogP contribution in [-0.4, -0.2) is 61.0 Å². The molecule has 1 fully saturated rings. The van der Waals surface area contributed by atoms with Gasteiger partial charge in [-0.1, -0.05) is 20.8 Å². The smallest absolute Gasteiger partial charge is 0.0613 e. The second-order valence-electron chi connectivity index (χ2n) is 6.46. The molecule has 1 rings (SSSR count). The molecule has 0 amide bonds. The Morgan fingerprint density at radius 1 is 1.33 bits per heavy atom. The Labute approximate surface area is 131 Å². The molecule has 0 bridgehead atoms. The maximum absolute atomic E-state index is 9.87. The summed E-state index contributed by atoms with van der Waals surface area (Å²) in [7, 11) is 1.78. The number of aliphatic hydroxyl groups excluding tert-OH is 1. The van der Waals surface area contributed by atoms with Gasteiger partial charge in [0.2, 0.25) is 0 Å². The normalized spacial score (nSPS) is 26.1. The van der Waals surface area contributed by atoms with Crippen molar-refractivity contribution in [3.63, 3.8) is 0 Å². The van der Waals surface area contributed by atoms with Crippen LogP contribution in [0.1, 0.15) is 59.3 Å². The Bertz CT molecular complexity index is 272. The lowest BCUT2D eigenvalue weighted by atomic mass is 9.97. The Kier molecular flexibility index (Phi) is 8.79. The molecule has 4 nitrogen and oxygen atoms in total. The second-order valence-corrected chi connectivity index (χ2v) is 6.46. The van der Waals surface area contributed by atoms with Crippen LogP contribution in [0.3, 0.4) is 0 Å². The van der Waals surface area contributed by atoms with Crippen molar-refractivity contribution >= 4 is 0 Å². The van der Waals surface area contributed by atoms with Gasteiger partial charge in [-0.3, -0.25) is 4.90 Å². The summed E-state index contributed by atoms with van der Waals surface area (Å²) in [6, 6.07) is 1.20. The van der Waals surface area contributed by atoms with Gasteiger partial charge in [-0.25, -0.2) is 0 Å². The fourth-order valence-electron chi connectivity index (χ4n) is 3.75. The first-order valence-corrected chi connectivity index (χ1v) is 8.76. The minimum atomic E-state index is -0.0575. The van der Waals surface area contributed by atoms with Crippen molar-refractivity contribution in [2.45, 2.75) is 76.9 Å². The zero-order valence-corrected chi connectivity index (χ0v) is 14.5. The minimum absolute atomic E-state index is 0.0575. The highest BCUT2D eigenvalue weighted by Crippen LogP contribution is 2.34. The van der Waals surface area contributed by atoms with Gasteiger partial charge in [0.1, 0.15) is 0 Å². The lowest BCUT2D eigenvalue weighted by molar-refractivity contribution is 0.0732. The lowest BCUT2D eigenvalue weighted by Gasteiger charge is -2.37. The molecule has 0 aromatic carbocycles. The molecule has 0 heterocycles. The molecule has 1 saturated carbocycles. The summed E-state index contributed by atoms with van der Waals surface area (Å²) in [6.45, 7) is 9.78. The van der Waals surface area contributed by atoms with E-state index in [2.05, 4.69) is 31.0 Å². The largest absolute Gasteiger partial charge is 0.394 e. The van der Waals surface area contributed by atoms with Gasteiger partial charge in [0.05, 0.1) is 13.2 Å². The number of hydrogen-bond donors (Lipinski definition) is 2. The highest BCUT2D eigenvalue weighted by Gasteiger charge is 2.41. The number of rotatable bonds is 11. The molecule has 2 N–H and O–H groups in total. The van der Waals surface area contributed by atoms with Crippen LogP contribution < -0.4 is 5.32 Å². The van der Waals surface area contributed by atoms with Crippen molar-refractivity contribution in [3.8, 4) is 0 Å². The zero-order valence-electron chi connectivity index (χ0n) is 14.5. The van der Waals surface area contributed by atoms with E-state index >= 15 is 0 Å². The first kappa shape index (κ1) is 18.9. The minimum Gasteiger partial charge on any atom is -0.394 e. The Morgan fingerprint density at radius 3 is 2.57 bits per heavy atom. The van der Waals surface area contributed by atoms with Crippen LogP contribution in [0, 0.1) is 0 Å². The van der Waals surface area contributed by atoms with Gasteiger partial charge in [-0.2, -0.15) is 0 Å². The van der Waals surface area contributed by atoms with Crippen molar-refractivity contribution < 1.29 is 9.84 Å². The molecule has 4 heteroatoms. The summed E-state index contributed by atoms with van der Waals surface area (Å²) >= 11 is 0. The first-order valence-electron chi connectivity index (χ1n) is 8.76. The van der Waals surface area contributed by atoms with Gasteiger partial charge in [-0.05, 0) is 45.1 Å². The number of nitrogens with one attached hydrogen (secondary N) is 1. The summed E-state index contributed by atoms with van der Waals surface area (Å²) in [5.74, 6) is 0. The fraction of sp³-hybridized carbons (Fsp3) is 1.00. The van der Waals surface area contributed by atoms with E-state index in [4.69, 9.17) is 4.74 Å². The topological polar surface area (TPSA) is 44.7 Å². The van der Waals surface area contributed by atoms with E-state index in [0.29, 0.717) is 12.1 Å². The molecule has 21 heavy (non-hydrogen) atoms. The Balaban J connectivity index is 2.70. The maximum atomic E-state index is 9.87. The van der Waals surface area contributed by atoms with Gasteiger partial charge in [0, 0.05) is 31.3 Å². The summed E-state index contributed by atoms with van der Waals surface area (Å²) in [6.07, 6.45) is 6.81. The summed E-state index contributed by atoms with van der Waals surface area (Å²) in [5, 5.41) is 13.5. The van der Waals surface area contributed by atoms with Crippen LogP contribution in [0.25, 0.3) is 0 Å². The molecule has 0 radical (unpaired) electrons. The third-order valence-electron chi connectivity index (χ3n) is 5.07. The number of hydrogen-bond acceptors (Lipinski definition) is 4. The van der Waals surface area contributed by atoms with Crippen LogP contribution >= 0.6 is 0 Å². The molecule has 0 spiro atoms. The van der Waals surface area contributed by atoms with Crippen molar-refractivity contribution in [1.82, 2.24) is 10.2 Å². The maximum Gasteiger partial charge on any atom is 0.0613 e. The monoisotopic (exact) mass is 300 g/mol. The van der Waals surface area contributed by atoms with Crippen LogP contribution in [0.4, 0.5) is 0 Å². The number of aliphatic hydroxyl groups is 1. The standard InChI is InChI=1S/C17H36N2O2/c1-5-10-18-17(14-20)9-8-16(13-17)19(11-12-21-4)15(6-2)7-3/h15-16,18,20H,5-14H2,1-4H3. The number of ether oxygens (including phenoxy) is 1. The van der Waals surface area contributed by atoms with Gasteiger partial charge in [-0.15, -0.1) is 0 Å². The quantitative estimate of drug-likeness (QED) is 0.615. The highest BCUT2D eigenvalue weighted by atomic mass is 16.5. The third kappa shape index (κ3) is 5.20. The second kappa shape index (κ2) is 9.78. The van der Waals surface area contributed by atoms with E-state index in [-0.39, 0.29) is 12.1 Å². The highest BCUT2D eigenvalue weighted by molar-refractivity contribution is 5.00. The van der Waals surface area contributed by atoms with Crippen molar-refractivity contribution in [2.24, 2.45) is 0 Å². The van der Waals surface area contributed by atoms with Gasteiger partial charge >= 0.3 is 0 Å².